The van der Waals surface area contributed by atoms with Crippen molar-refractivity contribution in [1.29, 1.82) is 0 Å². The van der Waals surface area contributed by atoms with Gasteiger partial charge in [-0.25, -0.2) is 4.99 Å². The van der Waals surface area contributed by atoms with Crippen LogP contribution in [0.3, 0.4) is 0 Å². The quantitative estimate of drug-likeness (QED) is 0.856. The van der Waals surface area contributed by atoms with E-state index >= 15 is 0 Å². The number of furan rings is 1. The molecule has 0 atom stereocenters. The fourth-order valence-corrected chi connectivity index (χ4v) is 2.40. The first-order valence-electron chi connectivity index (χ1n) is 6.70. The highest BCUT2D eigenvalue weighted by molar-refractivity contribution is 6.42. The molecule has 112 valence electrons. The van der Waals surface area contributed by atoms with Crippen molar-refractivity contribution in [1.82, 2.24) is 5.32 Å². The number of rotatable bonds is 4. The summed E-state index contributed by atoms with van der Waals surface area (Å²) < 4.78 is 5.26. The molecule has 0 radical (unpaired) electrons. The maximum atomic E-state index is 11.9. The number of carbonyl (C=O) groups excluding carboxylic acids is 1. The lowest BCUT2D eigenvalue weighted by atomic mass is 10.2. The standard InChI is InChI=1S/C16H12Cl2N2O2/c17-12-5-3-10(8-13(12)18)9-14-16(21)20-15(19-14)6-4-11-2-1-7-22-11/h1-3,5,7-9H,4,6H2,(H,19,20,21)/b14-9+. The molecule has 6 heteroatoms. The fraction of sp³-hybridized carbons (Fsp3) is 0.125. The lowest BCUT2D eigenvalue weighted by Crippen LogP contribution is -2.24. The molecule has 1 amide bonds. The second kappa shape index (κ2) is 6.38. The number of aryl methyl sites for hydroxylation is 1. The average Bonchev–Trinajstić information content (AvgIpc) is 3.11. The van der Waals surface area contributed by atoms with Crippen molar-refractivity contribution < 1.29 is 9.21 Å². The van der Waals surface area contributed by atoms with Gasteiger partial charge in [0.25, 0.3) is 5.91 Å². The molecule has 22 heavy (non-hydrogen) atoms. The van der Waals surface area contributed by atoms with Crippen molar-refractivity contribution in [2.45, 2.75) is 12.8 Å². The van der Waals surface area contributed by atoms with E-state index in [4.69, 9.17) is 27.6 Å². The van der Waals surface area contributed by atoms with Gasteiger partial charge in [-0.05, 0) is 35.9 Å². The topological polar surface area (TPSA) is 54.6 Å². The van der Waals surface area contributed by atoms with E-state index in [-0.39, 0.29) is 5.91 Å². The first-order chi connectivity index (χ1) is 10.6. The van der Waals surface area contributed by atoms with Crippen LogP contribution < -0.4 is 5.32 Å². The molecule has 0 spiro atoms. The van der Waals surface area contributed by atoms with E-state index in [1.54, 1.807) is 30.5 Å². The minimum absolute atomic E-state index is 0.222. The van der Waals surface area contributed by atoms with Crippen LogP contribution in [0.4, 0.5) is 0 Å². The average molecular weight is 335 g/mol. The summed E-state index contributed by atoms with van der Waals surface area (Å²) in [6, 6.07) is 8.89. The van der Waals surface area contributed by atoms with Crippen LogP contribution >= 0.6 is 23.2 Å². The number of hydrogen-bond donors (Lipinski definition) is 1. The van der Waals surface area contributed by atoms with Gasteiger partial charge in [-0.2, -0.15) is 0 Å². The second-order valence-electron chi connectivity index (χ2n) is 4.80. The highest BCUT2D eigenvalue weighted by Crippen LogP contribution is 2.24. The molecular weight excluding hydrogens is 323 g/mol. The zero-order chi connectivity index (χ0) is 15.5. The summed E-state index contributed by atoms with van der Waals surface area (Å²) in [5.41, 5.74) is 1.13. The Morgan fingerprint density at radius 1 is 1.18 bits per heavy atom. The summed E-state index contributed by atoms with van der Waals surface area (Å²) >= 11 is 11.8. The SMILES string of the molecule is O=C1NC(CCc2ccco2)=N/C1=C/c1ccc(Cl)c(Cl)c1. The van der Waals surface area contributed by atoms with E-state index < -0.39 is 0 Å². The van der Waals surface area contributed by atoms with Crippen LogP contribution in [0.1, 0.15) is 17.7 Å². The number of aliphatic imine (C=N–C) groups is 1. The van der Waals surface area contributed by atoms with Crippen molar-refractivity contribution in [3.05, 3.63) is 63.7 Å². The van der Waals surface area contributed by atoms with Gasteiger partial charge in [-0.3, -0.25) is 4.79 Å². The third-order valence-electron chi connectivity index (χ3n) is 3.18. The molecule has 3 rings (SSSR count). The Bertz CT molecular complexity index is 764. The van der Waals surface area contributed by atoms with E-state index in [0.717, 1.165) is 11.3 Å². The highest BCUT2D eigenvalue weighted by atomic mass is 35.5. The van der Waals surface area contributed by atoms with Crippen LogP contribution in [0.15, 0.2) is 51.7 Å². The summed E-state index contributed by atoms with van der Waals surface area (Å²) in [4.78, 5) is 16.2. The first-order valence-corrected chi connectivity index (χ1v) is 7.45. The Morgan fingerprint density at radius 3 is 2.77 bits per heavy atom. The van der Waals surface area contributed by atoms with Gasteiger partial charge in [-0.1, -0.05) is 29.3 Å². The van der Waals surface area contributed by atoms with Gasteiger partial charge in [-0.15, -0.1) is 0 Å². The number of hydrogen-bond acceptors (Lipinski definition) is 3. The van der Waals surface area contributed by atoms with Crippen molar-refractivity contribution in [3.8, 4) is 0 Å². The van der Waals surface area contributed by atoms with E-state index in [2.05, 4.69) is 10.3 Å². The van der Waals surface area contributed by atoms with Crippen LogP contribution in [0.25, 0.3) is 6.08 Å². The maximum Gasteiger partial charge on any atom is 0.275 e. The first kappa shape index (κ1) is 14.9. The van der Waals surface area contributed by atoms with Crippen LogP contribution in [-0.4, -0.2) is 11.7 Å². The second-order valence-corrected chi connectivity index (χ2v) is 5.61. The highest BCUT2D eigenvalue weighted by Gasteiger charge is 2.19. The molecule has 1 aliphatic heterocycles. The molecule has 0 saturated carbocycles. The van der Waals surface area contributed by atoms with Gasteiger partial charge >= 0.3 is 0 Å². The zero-order valence-electron chi connectivity index (χ0n) is 11.5. The maximum absolute atomic E-state index is 11.9. The zero-order valence-corrected chi connectivity index (χ0v) is 13.0. The predicted octanol–water partition coefficient (Wildman–Crippen LogP) is 4.09. The molecular formula is C16H12Cl2N2O2. The number of amidine groups is 1. The van der Waals surface area contributed by atoms with Crippen LogP contribution in [0.5, 0.6) is 0 Å². The molecule has 0 fully saturated rings. The van der Waals surface area contributed by atoms with E-state index in [9.17, 15) is 4.79 Å². The van der Waals surface area contributed by atoms with E-state index in [0.29, 0.717) is 34.4 Å². The lowest BCUT2D eigenvalue weighted by molar-refractivity contribution is -0.115. The summed E-state index contributed by atoms with van der Waals surface area (Å²) in [7, 11) is 0. The Kier molecular flexibility index (Phi) is 4.32. The number of nitrogens with one attached hydrogen (secondary N) is 1. The number of nitrogens with zero attached hydrogens (tertiary/aromatic N) is 1. The Balaban J connectivity index is 1.74. The lowest BCUT2D eigenvalue weighted by Gasteiger charge is -1.98. The minimum atomic E-state index is -0.222. The molecule has 1 aromatic carbocycles. The van der Waals surface area contributed by atoms with Crippen molar-refractivity contribution in [2.75, 3.05) is 0 Å². The van der Waals surface area contributed by atoms with Crippen LogP contribution in [0.2, 0.25) is 10.0 Å². The van der Waals surface area contributed by atoms with Gasteiger partial charge in [0.1, 0.15) is 17.3 Å². The van der Waals surface area contributed by atoms with Gasteiger partial charge in [0.15, 0.2) is 0 Å². The molecule has 4 nitrogen and oxygen atoms in total. The molecule has 1 aromatic heterocycles. The number of halogens is 2. The minimum Gasteiger partial charge on any atom is -0.469 e. The van der Waals surface area contributed by atoms with Crippen molar-refractivity contribution in [2.24, 2.45) is 4.99 Å². The summed E-state index contributed by atoms with van der Waals surface area (Å²) in [5, 5.41) is 3.67. The predicted molar refractivity (Wildman–Crippen MR) is 87.0 cm³/mol. The third-order valence-corrected chi connectivity index (χ3v) is 3.92. The fourth-order valence-electron chi connectivity index (χ4n) is 2.09. The largest absolute Gasteiger partial charge is 0.469 e. The summed E-state index contributed by atoms with van der Waals surface area (Å²) in [6.07, 6.45) is 4.60. The molecule has 0 bridgehead atoms. The van der Waals surface area contributed by atoms with E-state index in [1.807, 2.05) is 12.1 Å². The van der Waals surface area contributed by atoms with Crippen molar-refractivity contribution in [3.63, 3.8) is 0 Å². The Morgan fingerprint density at radius 2 is 2.05 bits per heavy atom. The number of amides is 1. The molecule has 0 saturated heterocycles. The van der Waals surface area contributed by atoms with Gasteiger partial charge in [0.2, 0.25) is 0 Å². The molecule has 0 aliphatic carbocycles. The van der Waals surface area contributed by atoms with Crippen molar-refractivity contribution >= 4 is 41.0 Å². The smallest absolute Gasteiger partial charge is 0.275 e. The molecule has 0 unspecified atom stereocenters. The molecule has 1 aliphatic rings. The summed E-state index contributed by atoms with van der Waals surface area (Å²) in [6.45, 7) is 0. The van der Waals surface area contributed by atoms with Crippen LogP contribution in [0, 0.1) is 0 Å². The van der Waals surface area contributed by atoms with E-state index in [1.165, 1.54) is 0 Å². The van der Waals surface area contributed by atoms with Gasteiger partial charge in [0, 0.05) is 12.8 Å². The number of benzene rings is 1. The molecule has 1 N–H and O–H groups in total. The molecule has 2 aromatic rings. The third kappa shape index (κ3) is 3.40. The number of carbonyl (C=O) groups is 1. The molecule has 2 heterocycles. The Labute approximate surface area is 137 Å². The van der Waals surface area contributed by atoms with Crippen LogP contribution in [-0.2, 0) is 11.2 Å². The summed E-state index contributed by atoms with van der Waals surface area (Å²) in [5.74, 6) is 1.27. The van der Waals surface area contributed by atoms with Gasteiger partial charge in [0.05, 0.1) is 16.3 Å². The normalized spacial score (nSPS) is 16.0. The Hall–Kier alpha value is -2.04. The van der Waals surface area contributed by atoms with Gasteiger partial charge < -0.3 is 9.73 Å². The monoisotopic (exact) mass is 334 g/mol.